The van der Waals surface area contributed by atoms with Crippen LogP contribution < -0.4 is 5.32 Å². The molecule has 0 aliphatic rings. The van der Waals surface area contributed by atoms with Gasteiger partial charge in [-0.3, -0.25) is 4.98 Å². The average molecular weight is 224 g/mol. The lowest BCUT2D eigenvalue weighted by molar-refractivity contribution is 0.478. The number of hydrogen-bond donors (Lipinski definition) is 1. The normalized spacial score (nSPS) is 10.7. The van der Waals surface area contributed by atoms with Crippen LogP contribution in [0.3, 0.4) is 0 Å². The van der Waals surface area contributed by atoms with Gasteiger partial charge in [-0.05, 0) is 13.0 Å². The Balaban J connectivity index is 1.98. The van der Waals surface area contributed by atoms with Crippen molar-refractivity contribution >= 4 is 11.3 Å². The minimum atomic E-state index is 0.547. The van der Waals surface area contributed by atoms with E-state index >= 15 is 0 Å². The summed E-state index contributed by atoms with van der Waals surface area (Å²) in [6.07, 6.45) is 2.82. The highest BCUT2D eigenvalue weighted by molar-refractivity contribution is 7.13. The van der Waals surface area contributed by atoms with Crippen LogP contribution in [-0.2, 0) is 6.54 Å². The van der Waals surface area contributed by atoms with Gasteiger partial charge in [0.25, 0.3) is 5.89 Å². The van der Waals surface area contributed by atoms with Crippen LogP contribution in [0.2, 0.25) is 0 Å². The molecule has 2 aromatic heterocycles. The third-order valence-corrected chi connectivity index (χ3v) is 2.57. The molecular weight excluding hydrogens is 212 g/mol. The van der Waals surface area contributed by atoms with Crippen LogP contribution in [0.25, 0.3) is 10.8 Å². The molecular formula is C9H12N4OS. The molecule has 6 heteroatoms. The lowest BCUT2D eigenvalue weighted by Crippen LogP contribution is -2.13. The highest BCUT2D eigenvalue weighted by atomic mass is 32.1. The van der Waals surface area contributed by atoms with Crippen molar-refractivity contribution in [1.82, 2.24) is 20.5 Å². The van der Waals surface area contributed by atoms with E-state index in [4.69, 9.17) is 4.42 Å². The van der Waals surface area contributed by atoms with Crippen molar-refractivity contribution in [2.75, 3.05) is 6.54 Å². The zero-order valence-electron chi connectivity index (χ0n) is 8.43. The number of nitrogens with zero attached hydrogens (tertiary/aromatic N) is 3. The molecule has 80 valence electrons. The van der Waals surface area contributed by atoms with E-state index in [-0.39, 0.29) is 0 Å². The van der Waals surface area contributed by atoms with Gasteiger partial charge in [0.1, 0.15) is 4.88 Å². The molecule has 0 atom stereocenters. The van der Waals surface area contributed by atoms with E-state index in [9.17, 15) is 0 Å². The highest BCUT2D eigenvalue weighted by Gasteiger charge is 2.08. The van der Waals surface area contributed by atoms with Crippen molar-refractivity contribution in [3.8, 4) is 10.8 Å². The SMILES string of the molecule is CCCNCc1nnc(-c2cncs2)o1. The number of hydrogen-bond acceptors (Lipinski definition) is 6. The molecule has 0 aliphatic carbocycles. The summed E-state index contributed by atoms with van der Waals surface area (Å²) in [5.41, 5.74) is 1.74. The van der Waals surface area contributed by atoms with Gasteiger partial charge < -0.3 is 9.73 Å². The molecule has 0 amide bonds. The van der Waals surface area contributed by atoms with E-state index in [0.717, 1.165) is 17.8 Å². The molecule has 0 spiro atoms. The molecule has 5 nitrogen and oxygen atoms in total. The van der Waals surface area contributed by atoms with E-state index in [1.165, 1.54) is 11.3 Å². The van der Waals surface area contributed by atoms with Crippen molar-refractivity contribution in [1.29, 1.82) is 0 Å². The third kappa shape index (κ3) is 2.60. The van der Waals surface area contributed by atoms with Gasteiger partial charge >= 0.3 is 0 Å². The van der Waals surface area contributed by atoms with Crippen molar-refractivity contribution in [3.63, 3.8) is 0 Å². The second-order valence-corrected chi connectivity index (χ2v) is 3.93. The summed E-state index contributed by atoms with van der Waals surface area (Å²) < 4.78 is 5.46. The van der Waals surface area contributed by atoms with Crippen molar-refractivity contribution in [2.45, 2.75) is 19.9 Å². The van der Waals surface area contributed by atoms with Gasteiger partial charge in [0.2, 0.25) is 5.89 Å². The summed E-state index contributed by atoms with van der Waals surface area (Å²) in [5.74, 6) is 1.16. The molecule has 0 saturated carbocycles. The molecule has 0 aromatic carbocycles. The average Bonchev–Trinajstić information content (AvgIpc) is 2.87. The molecule has 2 aromatic rings. The summed E-state index contributed by atoms with van der Waals surface area (Å²) in [4.78, 5) is 4.87. The van der Waals surface area contributed by atoms with E-state index in [2.05, 4.69) is 27.4 Å². The minimum absolute atomic E-state index is 0.547. The Hall–Kier alpha value is -1.27. The van der Waals surface area contributed by atoms with Gasteiger partial charge in [-0.1, -0.05) is 6.92 Å². The highest BCUT2D eigenvalue weighted by Crippen LogP contribution is 2.21. The summed E-state index contributed by atoms with van der Waals surface area (Å²) in [6.45, 7) is 3.70. The summed E-state index contributed by atoms with van der Waals surface area (Å²) >= 11 is 1.49. The van der Waals surface area contributed by atoms with E-state index in [1.54, 1.807) is 11.7 Å². The number of nitrogens with one attached hydrogen (secondary N) is 1. The first-order chi connectivity index (χ1) is 7.40. The lowest BCUT2D eigenvalue weighted by Gasteiger charge is -1.96. The molecule has 2 heterocycles. The standard InChI is InChI=1S/C9H12N4OS/c1-2-3-10-5-8-12-13-9(14-8)7-4-11-6-15-7/h4,6,10H,2-3,5H2,1H3. The fraction of sp³-hybridized carbons (Fsp3) is 0.444. The third-order valence-electron chi connectivity index (χ3n) is 1.81. The first-order valence-electron chi connectivity index (χ1n) is 4.82. The second-order valence-electron chi connectivity index (χ2n) is 3.04. The summed E-state index contributed by atoms with van der Waals surface area (Å²) in [7, 11) is 0. The maximum atomic E-state index is 5.46. The minimum Gasteiger partial charge on any atom is -0.418 e. The Morgan fingerprint density at radius 1 is 1.47 bits per heavy atom. The fourth-order valence-corrected chi connectivity index (χ4v) is 1.66. The van der Waals surface area contributed by atoms with Gasteiger partial charge in [0.05, 0.1) is 18.3 Å². The molecule has 0 bridgehead atoms. The van der Waals surface area contributed by atoms with Crippen molar-refractivity contribution in [2.24, 2.45) is 0 Å². The van der Waals surface area contributed by atoms with Gasteiger partial charge in [0.15, 0.2) is 0 Å². The van der Waals surface area contributed by atoms with Crippen molar-refractivity contribution < 1.29 is 4.42 Å². The van der Waals surface area contributed by atoms with Crippen LogP contribution >= 0.6 is 11.3 Å². The number of thiazole rings is 1. The number of aromatic nitrogens is 3. The summed E-state index contributed by atoms with van der Waals surface area (Å²) in [5, 5.41) is 11.1. The smallest absolute Gasteiger partial charge is 0.259 e. The Bertz CT molecular complexity index is 398. The van der Waals surface area contributed by atoms with Crippen LogP contribution in [0.5, 0.6) is 0 Å². The second kappa shape index (κ2) is 4.99. The van der Waals surface area contributed by atoms with Crippen LogP contribution in [0, 0.1) is 0 Å². The lowest BCUT2D eigenvalue weighted by atomic mass is 10.5. The first-order valence-corrected chi connectivity index (χ1v) is 5.70. The predicted octanol–water partition coefficient (Wildman–Crippen LogP) is 1.69. The fourth-order valence-electron chi connectivity index (χ4n) is 1.12. The molecule has 15 heavy (non-hydrogen) atoms. The topological polar surface area (TPSA) is 63.8 Å². The van der Waals surface area contributed by atoms with Crippen molar-refractivity contribution in [3.05, 3.63) is 17.6 Å². The zero-order valence-corrected chi connectivity index (χ0v) is 9.25. The van der Waals surface area contributed by atoms with E-state index in [1.807, 2.05) is 0 Å². The largest absolute Gasteiger partial charge is 0.418 e. The van der Waals surface area contributed by atoms with Crippen LogP contribution in [0.15, 0.2) is 16.1 Å². The molecule has 0 radical (unpaired) electrons. The zero-order chi connectivity index (χ0) is 10.5. The Kier molecular flexibility index (Phi) is 3.41. The maximum absolute atomic E-state index is 5.46. The van der Waals surface area contributed by atoms with Gasteiger partial charge in [-0.2, -0.15) is 0 Å². The summed E-state index contributed by atoms with van der Waals surface area (Å²) in [6, 6.07) is 0. The van der Waals surface area contributed by atoms with Crippen LogP contribution in [0.1, 0.15) is 19.2 Å². The molecule has 0 fully saturated rings. The van der Waals surface area contributed by atoms with Gasteiger partial charge in [-0.15, -0.1) is 21.5 Å². The Morgan fingerprint density at radius 2 is 2.40 bits per heavy atom. The molecule has 2 rings (SSSR count). The quantitative estimate of drug-likeness (QED) is 0.783. The molecule has 0 aliphatic heterocycles. The Labute approximate surface area is 91.6 Å². The predicted molar refractivity (Wildman–Crippen MR) is 57.4 cm³/mol. The molecule has 0 unspecified atom stereocenters. The number of rotatable bonds is 5. The van der Waals surface area contributed by atoms with Crippen LogP contribution in [0.4, 0.5) is 0 Å². The van der Waals surface area contributed by atoms with Gasteiger partial charge in [-0.25, -0.2) is 0 Å². The maximum Gasteiger partial charge on any atom is 0.259 e. The molecule has 0 saturated heterocycles. The Morgan fingerprint density at radius 3 is 3.13 bits per heavy atom. The van der Waals surface area contributed by atoms with E-state index < -0.39 is 0 Å². The van der Waals surface area contributed by atoms with Gasteiger partial charge in [0, 0.05) is 0 Å². The van der Waals surface area contributed by atoms with E-state index in [0.29, 0.717) is 18.3 Å². The molecule has 1 N–H and O–H groups in total. The first kappa shape index (κ1) is 10.3. The monoisotopic (exact) mass is 224 g/mol. The van der Waals surface area contributed by atoms with Crippen LogP contribution in [-0.4, -0.2) is 21.7 Å².